The topological polar surface area (TPSA) is 61.4 Å². The first-order valence-corrected chi connectivity index (χ1v) is 7.94. The van der Waals surface area contributed by atoms with Crippen molar-refractivity contribution in [2.75, 3.05) is 6.54 Å². The lowest BCUT2D eigenvalue weighted by Gasteiger charge is -2.36. The van der Waals surface area contributed by atoms with Gasteiger partial charge in [0, 0.05) is 19.1 Å². The van der Waals surface area contributed by atoms with Crippen LogP contribution in [0.1, 0.15) is 25.8 Å². The molecular formula is C17H23N3O2. The van der Waals surface area contributed by atoms with Crippen LogP contribution in [-0.4, -0.2) is 41.4 Å². The summed E-state index contributed by atoms with van der Waals surface area (Å²) in [5, 5.41) is 6.34. The number of carbonyl (C=O) groups is 2. The molecule has 0 bridgehead atoms. The van der Waals surface area contributed by atoms with Gasteiger partial charge in [0.05, 0.1) is 0 Å². The molecule has 2 fully saturated rings. The van der Waals surface area contributed by atoms with Crippen LogP contribution < -0.4 is 10.6 Å². The van der Waals surface area contributed by atoms with Crippen LogP contribution in [0, 0.1) is 5.92 Å². The van der Waals surface area contributed by atoms with E-state index < -0.39 is 0 Å². The molecule has 2 saturated heterocycles. The smallest absolute Gasteiger partial charge is 0.246 e. The van der Waals surface area contributed by atoms with E-state index in [0.29, 0.717) is 13.0 Å². The molecule has 3 atom stereocenters. The number of fused-ring (bicyclic) bond motifs is 1. The molecule has 0 saturated carbocycles. The van der Waals surface area contributed by atoms with Crippen LogP contribution in [0.15, 0.2) is 30.3 Å². The van der Waals surface area contributed by atoms with Gasteiger partial charge in [0.1, 0.15) is 12.1 Å². The molecule has 0 aromatic heterocycles. The van der Waals surface area contributed by atoms with Gasteiger partial charge in [0.2, 0.25) is 11.8 Å². The Kier molecular flexibility index (Phi) is 4.16. The molecule has 2 aliphatic rings. The molecule has 3 rings (SSSR count). The number of hydrogen-bond acceptors (Lipinski definition) is 3. The average Bonchev–Trinajstić information content (AvgIpc) is 2.95. The van der Waals surface area contributed by atoms with Crippen molar-refractivity contribution < 1.29 is 9.59 Å². The van der Waals surface area contributed by atoms with Gasteiger partial charge < -0.3 is 15.5 Å². The largest absolute Gasteiger partial charge is 0.342 e. The van der Waals surface area contributed by atoms with Gasteiger partial charge in [0.15, 0.2) is 0 Å². The Bertz CT molecular complexity index is 558. The third-order valence-corrected chi connectivity index (χ3v) is 4.55. The third-order valence-electron chi connectivity index (χ3n) is 4.55. The monoisotopic (exact) mass is 301 g/mol. The fraction of sp³-hybridized carbons (Fsp3) is 0.529. The molecule has 0 radical (unpaired) electrons. The molecule has 0 unspecified atom stereocenters. The second-order valence-corrected chi connectivity index (χ2v) is 6.54. The molecule has 0 spiro atoms. The quantitative estimate of drug-likeness (QED) is 0.868. The minimum Gasteiger partial charge on any atom is -0.342 e. The van der Waals surface area contributed by atoms with Gasteiger partial charge in [-0.3, -0.25) is 9.59 Å². The summed E-state index contributed by atoms with van der Waals surface area (Å²) in [5.74, 6) is 0.166. The summed E-state index contributed by atoms with van der Waals surface area (Å²) in [7, 11) is 0. The lowest BCUT2D eigenvalue weighted by atomic mass is 9.98. The maximum absolute atomic E-state index is 12.5. The van der Waals surface area contributed by atoms with Crippen LogP contribution in [0.25, 0.3) is 0 Å². The molecule has 5 nitrogen and oxygen atoms in total. The minimum absolute atomic E-state index is 0.0117. The van der Waals surface area contributed by atoms with Crippen LogP contribution >= 0.6 is 0 Å². The van der Waals surface area contributed by atoms with Crippen LogP contribution in [0.4, 0.5) is 0 Å². The second kappa shape index (κ2) is 6.08. The maximum Gasteiger partial charge on any atom is 0.246 e. The molecular weight excluding hydrogens is 278 g/mol. The summed E-state index contributed by atoms with van der Waals surface area (Å²) in [5.41, 5.74) is 1.21. The highest BCUT2D eigenvalue weighted by molar-refractivity contribution is 5.97. The third kappa shape index (κ3) is 2.86. The molecule has 1 aromatic rings. The zero-order valence-electron chi connectivity index (χ0n) is 13.1. The fourth-order valence-electron chi connectivity index (χ4n) is 3.28. The molecule has 2 aliphatic heterocycles. The first-order chi connectivity index (χ1) is 10.6. The number of nitrogens with one attached hydrogen (secondary N) is 2. The Morgan fingerprint density at radius 3 is 2.68 bits per heavy atom. The van der Waals surface area contributed by atoms with Crippen molar-refractivity contribution in [3.05, 3.63) is 35.9 Å². The fourth-order valence-corrected chi connectivity index (χ4v) is 3.28. The molecule has 2 amide bonds. The van der Waals surface area contributed by atoms with Crippen LogP contribution in [0.5, 0.6) is 0 Å². The second-order valence-electron chi connectivity index (χ2n) is 6.54. The number of benzene rings is 1. The van der Waals surface area contributed by atoms with Crippen molar-refractivity contribution in [3.8, 4) is 0 Å². The van der Waals surface area contributed by atoms with Crippen molar-refractivity contribution in [1.29, 1.82) is 0 Å². The number of piperazine rings is 1. The van der Waals surface area contributed by atoms with E-state index >= 15 is 0 Å². The first kappa shape index (κ1) is 15.0. The maximum atomic E-state index is 12.5. The Labute approximate surface area is 131 Å². The summed E-state index contributed by atoms with van der Waals surface area (Å²) in [4.78, 5) is 26.5. The van der Waals surface area contributed by atoms with Crippen molar-refractivity contribution in [1.82, 2.24) is 15.5 Å². The van der Waals surface area contributed by atoms with Gasteiger partial charge in [-0.2, -0.15) is 0 Å². The zero-order valence-corrected chi connectivity index (χ0v) is 13.1. The van der Waals surface area contributed by atoms with Crippen LogP contribution in [0.2, 0.25) is 0 Å². The van der Waals surface area contributed by atoms with E-state index in [4.69, 9.17) is 0 Å². The summed E-state index contributed by atoms with van der Waals surface area (Å²) in [6.07, 6.45) is 0.690. The van der Waals surface area contributed by atoms with Crippen molar-refractivity contribution in [3.63, 3.8) is 0 Å². The highest BCUT2D eigenvalue weighted by atomic mass is 16.2. The predicted octanol–water partition coefficient (Wildman–Crippen LogP) is 0.900. The molecule has 5 heteroatoms. The standard InChI is InChI=1S/C17H23N3O2/c1-11(2)15-17(22)20-10-13(8-14(20)16(21)19-15)18-9-12-6-4-3-5-7-12/h3-7,11,13-15,18H,8-10H2,1-2H3,(H,19,21)/t13-,14-,15+/m0/s1. The normalized spacial score (nSPS) is 28.0. The van der Waals surface area contributed by atoms with E-state index in [1.165, 1.54) is 5.56 Å². The summed E-state index contributed by atoms with van der Waals surface area (Å²) < 4.78 is 0. The number of rotatable bonds is 4. The number of carbonyl (C=O) groups excluding carboxylic acids is 2. The van der Waals surface area contributed by atoms with Gasteiger partial charge in [0.25, 0.3) is 0 Å². The van der Waals surface area contributed by atoms with E-state index in [1.807, 2.05) is 32.0 Å². The summed E-state index contributed by atoms with van der Waals surface area (Å²) >= 11 is 0. The van der Waals surface area contributed by atoms with Crippen LogP contribution in [0.3, 0.4) is 0 Å². The summed E-state index contributed by atoms with van der Waals surface area (Å²) in [6, 6.07) is 9.65. The predicted molar refractivity (Wildman–Crippen MR) is 84.0 cm³/mol. The van der Waals surface area contributed by atoms with Crippen molar-refractivity contribution in [2.45, 2.75) is 44.9 Å². The van der Waals surface area contributed by atoms with Gasteiger partial charge >= 0.3 is 0 Å². The van der Waals surface area contributed by atoms with Gasteiger partial charge in [-0.15, -0.1) is 0 Å². The minimum atomic E-state index is -0.378. The SMILES string of the molecule is CC(C)[C@H]1NC(=O)[C@@H]2C[C@H](NCc3ccccc3)CN2C1=O. The Hall–Kier alpha value is -1.88. The lowest BCUT2D eigenvalue weighted by molar-refractivity contribution is -0.148. The van der Waals surface area contributed by atoms with Crippen molar-refractivity contribution in [2.24, 2.45) is 5.92 Å². The molecule has 22 heavy (non-hydrogen) atoms. The van der Waals surface area contributed by atoms with Gasteiger partial charge in [-0.1, -0.05) is 44.2 Å². The molecule has 2 heterocycles. The zero-order chi connectivity index (χ0) is 15.7. The number of amides is 2. The number of nitrogens with zero attached hydrogens (tertiary/aromatic N) is 1. The van der Waals surface area contributed by atoms with Gasteiger partial charge in [-0.05, 0) is 17.9 Å². The number of hydrogen-bond donors (Lipinski definition) is 2. The van der Waals surface area contributed by atoms with E-state index in [2.05, 4.69) is 22.8 Å². The van der Waals surface area contributed by atoms with Crippen LogP contribution in [-0.2, 0) is 16.1 Å². The molecule has 1 aromatic carbocycles. The highest BCUT2D eigenvalue weighted by Gasteiger charge is 2.46. The molecule has 2 N–H and O–H groups in total. The van der Waals surface area contributed by atoms with E-state index in [0.717, 1.165) is 6.54 Å². The van der Waals surface area contributed by atoms with E-state index in [1.54, 1.807) is 4.90 Å². The Morgan fingerprint density at radius 1 is 1.27 bits per heavy atom. The highest BCUT2D eigenvalue weighted by Crippen LogP contribution is 2.25. The Balaban J connectivity index is 1.63. The van der Waals surface area contributed by atoms with E-state index in [9.17, 15) is 9.59 Å². The molecule has 118 valence electrons. The van der Waals surface area contributed by atoms with E-state index in [-0.39, 0.29) is 35.9 Å². The van der Waals surface area contributed by atoms with Crippen molar-refractivity contribution >= 4 is 11.8 Å². The van der Waals surface area contributed by atoms with Gasteiger partial charge in [-0.25, -0.2) is 0 Å². The Morgan fingerprint density at radius 2 is 2.00 bits per heavy atom. The molecule has 0 aliphatic carbocycles. The summed E-state index contributed by atoms with van der Waals surface area (Å²) in [6.45, 7) is 5.30. The lowest BCUT2D eigenvalue weighted by Crippen LogP contribution is -2.62. The average molecular weight is 301 g/mol. The first-order valence-electron chi connectivity index (χ1n) is 7.94.